The first-order valence-corrected chi connectivity index (χ1v) is 4.77. The van der Waals surface area contributed by atoms with Crippen LogP contribution in [0.25, 0.3) is 0 Å². The minimum absolute atomic E-state index is 0.621. The van der Waals surface area contributed by atoms with Crippen molar-refractivity contribution in [2.75, 3.05) is 26.2 Å². The van der Waals surface area contributed by atoms with Crippen molar-refractivity contribution in [1.29, 1.82) is 0 Å². The molecule has 0 aromatic heterocycles. The van der Waals surface area contributed by atoms with Crippen molar-refractivity contribution in [3.05, 3.63) is 11.1 Å². The molecule has 0 spiro atoms. The molecule has 1 aliphatic rings. The normalized spacial score (nSPS) is 26.9. The highest BCUT2D eigenvalue weighted by molar-refractivity contribution is 9.11. The van der Waals surface area contributed by atoms with E-state index in [-0.39, 0.29) is 0 Å². The number of hydrogen-bond donors (Lipinski definition) is 1. The lowest BCUT2D eigenvalue weighted by atomic mass is 10.2. The van der Waals surface area contributed by atoms with Crippen molar-refractivity contribution in [3.8, 4) is 0 Å². The Labute approximate surface area is 76.8 Å². The third kappa shape index (κ3) is 3.36. The van der Waals surface area contributed by atoms with Crippen molar-refractivity contribution in [1.82, 2.24) is 10.2 Å². The van der Waals surface area contributed by atoms with Crippen molar-refractivity contribution in [3.63, 3.8) is 0 Å². The van der Waals surface area contributed by atoms with Crippen LogP contribution in [0.15, 0.2) is 11.1 Å². The highest BCUT2D eigenvalue weighted by Crippen LogP contribution is 2.06. The molecule has 1 N–H and O–H groups in total. The van der Waals surface area contributed by atoms with E-state index in [0.717, 1.165) is 30.7 Å². The van der Waals surface area contributed by atoms with Gasteiger partial charge in [0.1, 0.15) is 0 Å². The molecular formula is C8H15BrN2. The van der Waals surface area contributed by atoms with E-state index in [0.29, 0.717) is 6.04 Å². The van der Waals surface area contributed by atoms with E-state index in [1.165, 1.54) is 0 Å². The first-order valence-electron chi connectivity index (χ1n) is 3.97. The zero-order valence-electron chi connectivity index (χ0n) is 6.94. The second-order valence-corrected chi connectivity index (χ2v) is 4.23. The number of rotatable bonds is 2. The van der Waals surface area contributed by atoms with Crippen molar-refractivity contribution < 1.29 is 0 Å². The monoisotopic (exact) mass is 218 g/mol. The maximum atomic E-state index is 3.83. The van der Waals surface area contributed by atoms with Gasteiger partial charge in [-0.15, -0.1) is 0 Å². The molecule has 0 bridgehead atoms. The molecule has 1 rings (SSSR count). The molecule has 3 heteroatoms. The predicted molar refractivity (Wildman–Crippen MR) is 52.0 cm³/mol. The molecule has 0 saturated carbocycles. The van der Waals surface area contributed by atoms with Gasteiger partial charge < -0.3 is 5.32 Å². The zero-order valence-corrected chi connectivity index (χ0v) is 8.52. The smallest absolute Gasteiger partial charge is 0.0295 e. The van der Waals surface area contributed by atoms with Gasteiger partial charge in [0.15, 0.2) is 0 Å². The topological polar surface area (TPSA) is 15.3 Å². The Balaban J connectivity index is 2.28. The molecule has 0 amide bonds. The van der Waals surface area contributed by atoms with E-state index in [2.05, 4.69) is 39.6 Å². The lowest BCUT2D eigenvalue weighted by molar-refractivity contribution is 0.226. The minimum atomic E-state index is 0.621. The quantitative estimate of drug-likeness (QED) is 0.750. The molecule has 0 aromatic carbocycles. The second kappa shape index (κ2) is 4.24. The molecule has 1 atom stereocenters. The van der Waals surface area contributed by atoms with Crippen LogP contribution in [0.4, 0.5) is 0 Å². The molecule has 0 aromatic rings. The Kier molecular flexibility index (Phi) is 3.55. The minimum Gasteiger partial charge on any atom is -0.312 e. The van der Waals surface area contributed by atoms with Gasteiger partial charge in [0.05, 0.1) is 0 Å². The van der Waals surface area contributed by atoms with Gasteiger partial charge in [-0.05, 0) is 6.92 Å². The molecule has 0 aliphatic carbocycles. The first-order chi connectivity index (χ1) is 5.18. The fourth-order valence-corrected chi connectivity index (χ4v) is 1.75. The van der Waals surface area contributed by atoms with Crippen molar-refractivity contribution >= 4 is 15.9 Å². The van der Waals surface area contributed by atoms with Crippen LogP contribution in [0.1, 0.15) is 6.92 Å². The Morgan fingerprint density at radius 2 is 2.55 bits per heavy atom. The molecule has 1 aliphatic heterocycles. The molecule has 1 fully saturated rings. The largest absolute Gasteiger partial charge is 0.312 e. The Morgan fingerprint density at radius 3 is 3.09 bits per heavy atom. The average Bonchev–Trinajstić information content (AvgIpc) is 1.85. The van der Waals surface area contributed by atoms with Crippen LogP contribution in [0.2, 0.25) is 0 Å². The lowest BCUT2D eigenvalue weighted by Gasteiger charge is -2.31. The number of halogens is 1. The Bertz CT molecular complexity index is 147. The highest BCUT2D eigenvalue weighted by Gasteiger charge is 2.14. The van der Waals surface area contributed by atoms with Crippen LogP contribution in [0.3, 0.4) is 0 Å². The van der Waals surface area contributed by atoms with Gasteiger partial charge in [0.25, 0.3) is 0 Å². The summed E-state index contributed by atoms with van der Waals surface area (Å²) in [5, 5.41) is 3.40. The molecular weight excluding hydrogens is 204 g/mol. The van der Waals surface area contributed by atoms with Gasteiger partial charge in [-0.3, -0.25) is 4.90 Å². The Hall–Kier alpha value is 0.140. The van der Waals surface area contributed by atoms with Gasteiger partial charge in [0.2, 0.25) is 0 Å². The third-order valence-corrected chi connectivity index (χ3v) is 2.10. The number of nitrogens with one attached hydrogen (secondary N) is 1. The summed E-state index contributed by atoms with van der Waals surface area (Å²) in [7, 11) is 0. The third-order valence-electron chi connectivity index (χ3n) is 1.85. The van der Waals surface area contributed by atoms with Crippen LogP contribution in [-0.4, -0.2) is 37.1 Å². The number of piperazine rings is 1. The summed E-state index contributed by atoms with van der Waals surface area (Å²) >= 11 is 3.37. The number of nitrogens with zero attached hydrogens (tertiary/aromatic N) is 1. The van der Waals surface area contributed by atoms with Gasteiger partial charge in [-0.1, -0.05) is 22.5 Å². The molecule has 1 heterocycles. The van der Waals surface area contributed by atoms with E-state index in [4.69, 9.17) is 0 Å². The summed E-state index contributed by atoms with van der Waals surface area (Å²) in [4.78, 5) is 2.40. The van der Waals surface area contributed by atoms with Crippen LogP contribution in [0, 0.1) is 0 Å². The standard InChI is InChI=1S/C8H15BrN2/c1-7(9)5-11-4-3-10-8(2)6-11/h8,10H,1,3-6H2,2H3/t8-/m0/s1. The number of hydrogen-bond acceptors (Lipinski definition) is 2. The lowest BCUT2D eigenvalue weighted by Crippen LogP contribution is -2.49. The summed E-state index contributed by atoms with van der Waals surface area (Å²) in [6.07, 6.45) is 0. The fourth-order valence-electron chi connectivity index (χ4n) is 1.40. The summed E-state index contributed by atoms with van der Waals surface area (Å²) in [5.74, 6) is 0. The highest BCUT2D eigenvalue weighted by atomic mass is 79.9. The Morgan fingerprint density at radius 1 is 1.82 bits per heavy atom. The van der Waals surface area contributed by atoms with Crippen LogP contribution >= 0.6 is 15.9 Å². The zero-order chi connectivity index (χ0) is 8.27. The molecule has 64 valence electrons. The van der Waals surface area contributed by atoms with Crippen LogP contribution < -0.4 is 5.32 Å². The summed E-state index contributed by atoms with van der Waals surface area (Å²) in [6, 6.07) is 0.621. The average molecular weight is 219 g/mol. The van der Waals surface area contributed by atoms with Gasteiger partial charge >= 0.3 is 0 Å². The molecule has 11 heavy (non-hydrogen) atoms. The predicted octanol–water partition coefficient (Wildman–Crippen LogP) is 1.19. The van der Waals surface area contributed by atoms with E-state index in [1.54, 1.807) is 0 Å². The van der Waals surface area contributed by atoms with Gasteiger partial charge in [0, 0.05) is 36.7 Å². The van der Waals surface area contributed by atoms with E-state index in [9.17, 15) is 0 Å². The van der Waals surface area contributed by atoms with Gasteiger partial charge in [-0.25, -0.2) is 0 Å². The van der Waals surface area contributed by atoms with Crippen LogP contribution in [-0.2, 0) is 0 Å². The first kappa shape index (κ1) is 9.23. The molecule has 2 nitrogen and oxygen atoms in total. The SMILES string of the molecule is C=C(Br)CN1CCN[C@@H](C)C1. The van der Waals surface area contributed by atoms with Crippen molar-refractivity contribution in [2.24, 2.45) is 0 Å². The van der Waals surface area contributed by atoms with E-state index in [1.807, 2.05) is 0 Å². The summed E-state index contributed by atoms with van der Waals surface area (Å²) in [6.45, 7) is 10.4. The summed E-state index contributed by atoms with van der Waals surface area (Å²) < 4.78 is 1.08. The maximum Gasteiger partial charge on any atom is 0.0295 e. The molecule has 0 radical (unpaired) electrons. The second-order valence-electron chi connectivity index (χ2n) is 3.11. The molecule has 0 unspecified atom stereocenters. The fraction of sp³-hybridized carbons (Fsp3) is 0.750. The van der Waals surface area contributed by atoms with E-state index < -0.39 is 0 Å². The maximum absolute atomic E-state index is 3.83. The van der Waals surface area contributed by atoms with Crippen LogP contribution in [0.5, 0.6) is 0 Å². The van der Waals surface area contributed by atoms with Crippen molar-refractivity contribution in [2.45, 2.75) is 13.0 Å². The van der Waals surface area contributed by atoms with Gasteiger partial charge in [-0.2, -0.15) is 0 Å². The summed E-state index contributed by atoms with van der Waals surface area (Å²) in [5.41, 5.74) is 0. The van der Waals surface area contributed by atoms with E-state index >= 15 is 0 Å². The molecule has 1 saturated heterocycles.